The van der Waals surface area contributed by atoms with Crippen LogP contribution in [-0.4, -0.2) is 35.5 Å². The summed E-state index contributed by atoms with van der Waals surface area (Å²) in [7, 11) is 0. The number of amides is 1. The summed E-state index contributed by atoms with van der Waals surface area (Å²) >= 11 is 0. The Morgan fingerprint density at radius 3 is 3.16 bits per heavy atom. The van der Waals surface area contributed by atoms with E-state index in [-0.39, 0.29) is 17.6 Å². The van der Waals surface area contributed by atoms with Crippen molar-refractivity contribution in [3.63, 3.8) is 0 Å². The lowest BCUT2D eigenvalue weighted by Crippen LogP contribution is -2.42. The van der Waals surface area contributed by atoms with Gasteiger partial charge >= 0.3 is 0 Å². The third-order valence-electron chi connectivity index (χ3n) is 3.18. The van der Waals surface area contributed by atoms with E-state index in [1.54, 1.807) is 4.90 Å². The molecule has 1 aliphatic rings. The minimum absolute atomic E-state index is 0.233. The van der Waals surface area contributed by atoms with Gasteiger partial charge in [-0.3, -0.25) is 4.79 Å². The van der Waals surface area contributed by atoms with E-state index in [4.69, 9.17) is 5.73 Å². The van der Waals surface area contributed by atoms with Gasteiger partial charge in [0.1, 0.15) is 0 Å². The monoisotopic (exact) mass is 267 g/mol. The van der Waals surface area contributed by atoms with E-state index in [0.717, 1.165) is 19.0 Å². The Bertz CT molecular complexity index is 467. The molecule has 0 saturated carbocycles. The number of hydrogen-bond donors (Lipinski definition) is 2. The molecule has 0 aromatic carbocycles. The van der Waals surface area contributed by atoms with Crippen molar-refractivity contribution in [1.29, 1.82) is 0 Å². The fraction of sp³-hybridized carbons (Fsp3) is 0.583. The van der Waals surface area contributed by atoms with Crippen LogP contribution in [0, 0.1) is 11.7 Å². The molecule has 0 radical (unpaired) electrons. The highest BCUT2D eigenvalue weighted by Gasteiger charge is 2.26. The normalized spacial score (nSPS) is 19.3. The molecule has 1 atom stereocenters. The zero-order valence-electron chi connectivity index (χ0n) is 10.9. The molecule has 1 aromatic rings. The van der Waals surface area contributed by atoms with Gasteiger partial charge in [-0.1, -0.05) is 0 Å². The number of halogens is 1. The number of primary amides is 1. The van der Waals surface area contributed by atoms with Crippen molar-refractivity contribution in [1.82, 2.24) is 9.97 Å². The molecule has 104 valence electrons. The minimum atomic E-state index is -0.480. The number of nitrogens with two attached hydrogens (primary N) is 1. The van der Waals surface area contributed by atoms with Gasteiger partial charge in [0.15, 0.2) is 11.6 Å². The molecule has 0 spiro atoms. The average Bonchev–Trinajstić information content (AvgIpc) is 2.41. The van der Waals surface area contributed by atoms with E-state index in [1.807, 2.05) is 6.92 Å². The maximum atomic E-state index is 13.8. The Kier molecular flexibility index (Phi) is 4.13. The molecule has 1 aliphatic heterocycles. The van der Waals surface area contributed by atoms with Crippen LogP contribution in [0.2, 0.25) is 0 Å². The predicted molar refractivity (Wildman–Crippen MR) is 70.3 cm³/mol. The second kappa shape index (κ2) is 5.81. The molecular weight excluding hydrogens is 249 g/mol. The van der Waals surface area contributed by atoms with Crippen LogP contribution >= 0.6 is 0 Å². The van der Waals surface area contributed by atoms with Gasteiger partial charge in [0.2, 0.25) is 11.9 Å². The fourth-order valence-electron chi connectivity index (χ4n) is 2.22. The van der Waals surface area contributed by atoms with Gasteiger partial charge in [0.25, 0.3) is 0 Å². The first-order chi connectivity index (χ1) is 9.11. The third kappa shape index (κ3) is 3.10. The zero-order valence-corrected chi connectivity index (χ0v) is 10.9. The first kappa shape index (κ1) is 13.5. The molecule has 6 nitrogen and oxygen atoms in total. The van der Waals surface area contributed by atoms with Crippen molar-refractivity contribution < 1.29 is 9.18 Å². The summed E-state index contributed by atoms with van der Waals surface area (Å²) < 4.78 is 13.8. The molecule has 1 amide bonds. The van der Waals surface area contributed by atoms with Crippen molar-refractivity contribution in [3.8, 4) is 0 Å². The first-order valence-corrected chi connectivity index (χ1v) is 6.42. The second-order valence-corrected chi connectivity index (χ2v) is 4.58. The van der Waals surface area contributed by atoms with Gasteiger partial charge in [-0.05, 0) is 19.8 Å². The van der Waals surface area contributed by atoms with E-state index in [2.05, 4.69) is 15.3 Å². The Balaban J connectivity index is 2.20. The largest absolute Gasteiger partial charge is 0.369 e. The Morgan fingerprint density at radius 2 is 2.47 bits per heavy atom. The van der Waals surface area contributed by atoms with Crippen LogP contribution in [0.15, 0.2) is 6.20 Å². The molecule has 1 fully saturated rings. The van der Waals surface area contributed by atoms with Crippen LogP contribution in [0.3, 0.4) is 0 Å². The van der Waals surface area contributed by atoms with Gasteiger partial charge in [-0.15, -0.1) is 0 Å². The lowest BCUT2D eigenvalue weighted by atomic mass is 9.97. The molecule has 1 unspecified atom stereocenters. The maximum absolute atomic E-state index is 13.8. The molecule has 7 heteroatoms. The first-order valence-electron chi connectivity index (χ1n) is 6.42. The van der Waals surface area contributed by atoms with Crippen LogP contribution in [0.1, 0.15) is 19.8 Å². The Morgan fingerprint density at radius 1 is 1.68 bits per heavy atom. The van der Waals surface area contributed by atoms with E-state index >= 15 is 0 Å². The fourth-order valence-corrected chi connectivity index (χ4v) is 2.22. The number of hydrogen-bond acceptors (Lipinski definition) is 5. The van der Waals surface area contributed by atoms with Crippen LogP contribution in [0.25, 0.3) is 0 Å². The van der Waals surface area contributed by atoms with Gasteiger partial charge in [0, 0.05) is 19.6 Å². The maximum Gasteiger partial charge on any atom is 0.224 e. The number of anilines is 2. The summed E-state index contributed by atoms with van der Waals surface area (Å²) in [5.41, 5.74) is 5.32. The van der Waals surface area contributed by atoms with Crippen molar-refractivity contribution in [2.75, 3.05) is 29.9 Å². The Labute approximate surface area is 111 Å². The van der Waals surface area contributed by atoms with Crippen LogP contribution in [0.5, 0.6) is 0 Å². The highest BCUT2D eigenvalue weighted by atomic mass is 19.1. The van der Waals surface area contributed by atoms with Gasteiger partial charge in [0.05, 0.1) is 12.1 Å². The summed E-state index contributed by atoms with van der Waals surface area (Å²) in [5.74, 6) is -0.444. The highest BCUT2D eigenvalue weighted by molar-refractivity contribution is 5.77. The molecule has 19 heavy (non-hydrogen) atoms. The van der Waals surface area contributed by atoms with E-state index < -0.39 is 5.82 Å². The summed E-state index contributed by atoms with van der Waals surface area (Å²) in [6.45, 7) is 3.66. The molecule has 0 bridgehead atoms. The SMILES string of the molecule is CCNc1ncc(F)c(N2CCCC(C(N)=O)C2)n1. The molecule has 0 aliphatic carbocycles. The number of piperidine rings is 1. The summed E-state index contributed by atoms with van der Waals surface area (Å²) in [4.78, 5) is 21.0. The standard InChI is InChI=1S/C12H18FN5O/c1-2-15-12-16-6-9(13)11(17-12)18-5-3-4-8(7-18)10(14)19/h6,8H,2-5,7H2,1H3,(H2,14,19)(H,15,16,17). The summed E-state index contributed by atoms with van der Waals surface area (Å²) in [5, 5.41) is 2.94. The zero-order chi connectivity index (χ0) is 13.8. The molecule has 1 saturated heterocycles. The van der Waals surface area contributed by atoms with E-state index in [0.29, 0.717) is 25.6 Å². The van der Waals surface area contributed by atoms with Gasteiger partial charge in [-0.2, -0.15) is 4.98 Å². The number of carbonyl (C=O) groups excluding carboxylic acids is 1. The third-order valence-corrected chi connectivity index (χ3v) is 3.18. The van der Waals surface area contributed by atoms with E-state index in [1.165, 1.54) is 0 Å². The number of carbonyl (C=O) groups is 1. The van der Waals surface area contributed by atoms with Crippen LogP contribution in [0.4, 0.5) is 16.2 Å². The smallest absolute Gasteiger partial charge is 0.224 e. The lowest BCUT2D eigenvalue weighted by molar-refractivity contribution is -0.122. The average molecular weight is 267 g/mol. The van der Waals surface area contributed by atoms with Crippen molar-refractivity contribution in [3.05, 3.63) is 12.0 Å². The lowest BCUT2D eigenvalue weighted by Gasteiger charge is -2.32. The van der Waals surface area contributed by atoms with Gasteiger partial charge in [-0.25, -0.2) is 9.37 Å². The Hall–Kier alpha value is -1.92. The molecule has 3 N–H and O–H groups in total. The molecular formula is C12H18FN5O. The van der Waals surface area contributed by atoms with Crippen molar-refractivity contribution >= 4 is 17.7 Å². The van der Waals surface area contributed by atoms with Gasteiger partial charge < -0.3 is 16.0 Å². The van der Waals surface area contributed by atoms with Crippen LogP contribution in [-0.2, 0) is 4.79 Å². The number of nitrogens with one attached hydrogen (secondary N) is 1. The molecule has 2 heterocycles. The number of aromatic nitrogens is 2. The predicted octanol–water partition coefficient (Wildman–Crippen LogP) is 0.749. The van der Waals surface area contributed by atoms with Crippen LogP contribution < -0.4 is 16.0 Å². The topological polar surface area (TPSA) is 84.1 Å². The second-order valence-electron chi connectivity index (χ2n) is 4.58. The van der Waals surface area contributed by atoms with Crippen molar-refractivity contribution in [2.24, 2.45) is 11.7 Å². The molecule has 1 aromatic heterocycles. The minimum Gasteiger partial charge on any atom is -0.369 e. The molecule has 2 rings (SSSR count). The van der Waals surface area contributed by atoms with E-state index in [9.17, 15) is 9.18 Å². The highest BCUT2D eigenvalue weighted by Crippen LogP contribution is 2.24. The summed E-state index contributed by atoms with van der Waals surface area (Å²) in [6, 6.07) is 0. The number of nitrogens with zero attached hydrogens (tertiary/aromatic N) is 3. The quantitative estimate of drug-likeness (QED) is 0.841. The number of rotatable bonds is 4. The van der Waals surface area contributed by atoms with Crippen molar-refractivity contribution in [2.45, 2.75) is 19.8 Å². The summed E-state index contributed by atoms with van der Waals surface area (Å²) in [6.07, 6.45) is 2.69.